The maximum Gasteiger partial charge on any atom is 0.242 e. The van der Waals surface area contributed by atoms with E-state index in [1.165, 1.54) is 37.0 Å². The van der Waals surface area contributed by atoms with E-state index >= 15 is 0 Å². The first-order chi connectivity index (χ1) is 12.1. The number of nitrogens with one attached hydrogen (secondary N) is 1. The van der Waals surface area contributed by atoms with Gasteiger partial charge < -0.3 is 5.32 Å². The minimum atomic E-state index is -3.46. The average Bonchev–Trinajstić information content (AvgIpc) is 2.52. The van der Waals surface area contributed by atoms with Gasteiger partial charge in [0.25, 0.3) is 0 Å². The van der Waals surface area contributed by atoms with Crippen LogP contribution in [0.5, 0.6) is 0 Å². The number of halogens is 1. The highest BCUT2D eigenvalue weighted by atomic mass is 35.5. The minimum Gasteiger partial charge on any atom is -0.326 e. The second kappa shape index (κ2) is 5.94. The van der Waals surface area contributed by atoms with Gasteiger partial charge in [0.2, 0.25) is 15.9 Å². The van der Waals surface area contributed by atoms with E-state index in [2.05, 4.69) is 5.32 Å². The summed E-state index contributed by atoms with van der Waals surface area (Å²) in [5.74, 6) is 1.17. The van der Waals surface area contributed by atoms with Crippen molar-refractivity contribution in [3.63, 3.8) is 0 Å². The van der Waals surface area contributed by atoms with E-state index in [-0.39, 0.29) is 21.1 Å². The van der Waals surface area contributed by atoms with Crippen LogP contribution in [0, 0.1) is 17.3 Å². The lowest BCUT2D eigenvalue weighted by molar-refractivity contribution is -0.138. The molecule has 0 aliphatic heterocycles. The van der Waals surface area contributed by atoms with Gasteiger partial charge in [-0.05, 0) is 74.6 Å². The van der Waals surface area contributed by atoms with E-state index in [0.717, 1.165) is 32.1 Å². The number of benzene rings is 1. The van der Waals surface area contributed by atoms with Crippen molar-refractivity contribution in [1.82, 2.24) is 4.31 Å². The van der Waals surface area contributed by atoms with Gasteiger partial charge >= 0.3 is 0 Å². The summed E-state index contributed by atoms with van der Waals surface area (Å²) < 4.78 is 25.5. The Labute approximate surface area is 160 Å². The van der Waals surface area contributed by atoms with Crippen LogP contribution in [0.3, 0.4) is 0 Å². The van der Waals surface area contributed by atoms with Crippen LogP contribution in [-0.2, 0) is 14.8 Å². The average molecular weight is 397 g/mol. The van der Waals surface area contributed by atoms with Crippen molar-refractivity contribution in [3.8, 4) is 0 Å². The van der Waals surface area contributed by atoms with Crippen LogP contribution < -0.4 is 5.32 Å². The summed E-state index contributed by atoms with van der Waals surface area (Å²) in [6, 6.07) is 6.39. The normalized spacial score (nSPS) is 35.7. The number of amides is 1. The standard InChI is InChI=1S/C19H25ClN2O3S/c1-22(2)26(24,25)16-5-3-15(4-6-16)21-17(23)18-8-13-7-14(9-18)11-19(20,10-13)12-18/h3-6,13-14H,7-12H2,1-2H3,(H,21,23). The third kappa shape index (κ3) is 2.96. The molecule has 142 valence electrons. The van der Waals surface area contributed by atoms with Gasteiger partial charge in [0, 0.05) is 24.7 Å². The van der Waals surface area contributed by atoms with Crippen molar-refractivity contribution in [2.45, 2.75) is 48.3 Å². The van der Waals surface area contributed by atoms with Gasteiger partial charge in [0.1, 0.15) is 0 Å². The van der Waals surface area contributed by atoms with Crippen molar-refractivity contribution in [1.29, 1.82) is 0 Å². The highest BCUT2D eigenvalue weighted by molar-refractivity contribution is 7.89. The van der Waals surface area contributed by atoms with Gasteiger partial charge in [-0.15, -0.1) is 11.6 Å². The predicted octanol–water partition coefficient (Wildman–Crippen LogP) is 3.45. The largest absolute Gasteiger partial charge is 0.326 e. The zero-order valence-corrected chi connectivity index (χ0v) is 16.7. The molecule has 4 aliphatic carbocycles. The molecule has 1 aromatic rings. The summed E-state index contributed by atoms with van der Waals surface area (Å²) in [4.78, 5) is 13.1. The van der Waals surface area contributed by atoms with Crippen LogP contribution in [0.1, 0.15) is 38.5 Å². The molecular formula is C19H25ClN2O3S. The number of nitrogens with zero attached hydrogens (tertiary/aromatic N) is 1. The fourth-order valence-corrected chi connectivity index (χ4v) is 7.20. The summed E-state index contributed by atoms with van der Waals surface area (Å²) in [7, 11) is -0.464. The van der Waals surface area contributed by atoms with Gasteiger partial charge in [-0.25, -0.2) is 12.7 Å². The second-order valence-corrected chi connectivity index (χ2v) is 11.6. The maximum atomic E-state index is 13.1. The van der Waals surface area contributed by atoms with Gasteiger partial charge in [-0.3, -0.25) is 4.79 Å². The van der Waals surface area contributed by atoms with E-state index in [4.69, 9.17) is 11.6 Å². The molecule has 0 radical (unpaired) electrons. The summed E-state index contributed by atoms with van der Waals surface area (Å²) in [5.41, 5.74) is 0.271. The van der Waals surface area contributed by atoms with E-state index in [9.17, 15) is 13.2 Å². The lowest BCUT2D eigenvalue weighted by Gasteiger charge is -2.59. The molecule has 26 heavy (non-hydrogen) atoms. The van der Waals surface area contributed by atoms with Crippen molar-refractivity contribution in [3.05, 3.63) is 24.3 Å². The Morgan fingerprint density at radius 3 is 2.19 bits per heavy atom. The van der Waals surface area contributed by atoms with Crippen LogP contribution in [0.4, 0.5) is 5.69 Å². The summed E-state index contributed by atoms with van der Waals surface area (Å²) >= 11 is 6.82. The molecule has 1 aromatic carbocycles. The Morgan fingerprint density at radius 2 is 1.69 bits per heavy atom. The zero-order chi connectivity index (χ0) is 18.7. The molecule has 0 spiro atoms. The monoisotopic (exact) mass is 396 g/mol. The second-order valence-electron chi connectivity index (χ2n) is 8.66. The lowest BCUT2D eigenvalue weighted by Crippen LogP contribution is -2.57. The molecule has 2 atom stereocenters. The van der Waals surface area contributed by atoms with Crippen molar-refractivity contribution in [2.75, 3.05) is 19.4 Å². The Morgan fingerprint density at radius 1 is 1.12 bits per heavy atom. The molecule has 4 saturated carbocycles. The number of hydrogen-bond donors (Lipinski definition) is 1. The van der Waals surface area contributed by atoms with E-state index in [1.54, 1.807) is 12.1 Å². The van der Waals surface area contributed by atoms with E-state index in [0.29, 0.717) is 17.5 Å². The molecule has 4 fully saturated rings. The Kier molecular flexibility index (Phi) is 4.18. The molecule has 4 aliphatic rings. The van der Waals surface area contributed by atoms with Gasteiger partial charge in [-0.2, -0.15) is 0 Å². The highest BCUT2D eigenvalue weighted by Gasteiger charge is 2.60. The predicted molar refractivity (Wildman–Crippen MR) is 102 cm³/mol. The van der Waals surface area contributed by atoms with Crippen LogP contribution in [-0.4, -0.2) is 37.6 Å². The number of hydrogen-bond acceptors (Lipinski definition) is 3. The molecule has 0 saturated heterocycles. The van der Waals surface area contributed by atoms with Crippen molar-refractivity contribution in [2.24, 2.45) is 17.3 Å². The molecule has 1 amide bonds. The number of rotatable bonds is 4. The van der Waals surface area contributed by atoms with Crippen molar-refractivity contribution >= 4 is 33.2 Å². The number of carbonyl (C=O) groups is 1. The Bertz CT molecular complexity index is 821. The molecule has 0 aromatic heterocycles. The van der Waals surface area contributed by atoms with Crippen LogP contribution in [0.25, 0.3) is 0 Å². The maximum absolute atomic E-state index is 13.1. The summed E-state index contributed by atoms with van der Waals surface area (Å²) in [6.07, 6.45) is 5.90. The third-order valence-electron chi connectivity index (χ3n) is 6.36. The number of anilines is 1. The molecule has 0 heterocycles. The van der Waals surface area contributed by atoms with Gasteiger partial charge in [0.05, 0.1) is 10.3 Å². The third-order valence-corrected chi connectivity index (χ3v) is 8.63. The molecule has 2 unspecified atom stereocenters. The smallest absolute Gasteiger partial charge is 0.242 e. The first-order valence-corrected chi connectivity index (χ1v) is 11.0. The van der Waals surface area contributed by atoms with Gasteiger partial charge in [0.15, 0.2) is 0 Å². The fourth-order valence-electron chi connectivity index (χ4n) is 5.60. The molecule has 7 heteroatoms. The first-order valence-electron chi connectivity index (χ1n) is 9.15. The lowest BCUT2D eigenvalue weighted by atomic mass is 9.49. The number of sulfonamides is 1. The highest BCUT2D eigenvalue weighted by Crippen LogP contribution is 2.64. The number of carbonyl (C=O) groups excluding carboxylic acids is 1. The molecule has 5 nitrogen and oxygen atoms in total. The van der Waals surface area contributed by atoms with Crippen LogP contribution in [0.15, 0.2) is 29.2 Å². The van der Waals surface area contributed by atoms with Crippen LogP contribution >= 0.6 is 11.6 Å². The molecular weight excluding hydrogens is 372 g/mol. The van der Waals surface area contributed by atoms with Crippen LogP contribution in [0.2, 0.25) is 0 Å². The van der Waals surface area contributed by atoms with Gasteiger partial charge in [-0.1, -0.05) is 0 Å². The number of alkyl halides is 1. The molecule has 5 rings (SSSR count). The SMILES string of the molecule is CN(C)S(=O)(=O)c1ccc(NC(=O)C23CC4CC(CC(Cl)(C4)C2)C3)cc1. The van der Waals surface area contributed by atoms with E-state index < -0.39 is 10.0 Å². The molecule has 4 bridgehead atoms. The minimum absolute atomic E-state index is 0.0415. The summed E-state index contributed by atoms with van der Waals surface area (Å²) in [6.45, 7) is 0. The first kappa shape index (κ1) is 18.3. The zero-order valence-electron chi connectivity index (χ0n) is 15.2. The van der Waals surface area contributed by atoms with Crippen molar-refractivity contribution < 1.29 is 13.2 Å². The summed E-state index contributed by atoms with van der Waals surface area (Å²) in [5, 5.41) is 3.02. The Balaban J connectivity index is 1.52. The topological polar surface area (TPSA) is 66.5 Å². The Hall–Kier alpha value is -1.11. The molecule has 1 N–H and O–H groups in total. The quantitative estimate of drug-likeness (QED) is 0.792. The fraction of sp³-hybridized carbons (Fsp3) is 0.632. The van der Waals surface area contributed by atoms with E-state index in [1.807, 2.05) is 0 Å².